The fourth-order valence-electron chi connectivity index (χ4n) is 5.64. The molecule has 5 aromatic rings. The minimum atomic E-state index is -0.376. The number of imide groups is 1. The van der Waals surface area contributed by atoms with Crippen molar-refractivity contribution in [1.29, 1.82) is 0 Å². The fraction of sp³-hybridized carbons (Fsp3) is 0.128. The molecule has 3 amide bonds. The molecule has 0 saturated carbocycles. The largest absolute Gasteiger partial charge is 0.457 e. The van der Waals surface area contributed by atoms with E-state index in [2.05, 4.69) is 19.2 Å². The van der Waals surface area contributed by atoms with Crippen molar-refractivity contribution in [3.63, 3.8) is 0 Å². The molecular formula is C39H32N2O6. The van der Waals surface area contributed by atoms with Crippen LogP contribution in [0.2, 0.25) is 0 Å². The Hall–Kier alpha value is -6.02. The van der Waals surface area contributed by atoms with Crippen LogP contribution in [-0.4, -0.2) is 31.1 Å². The van der Waals surface area contributed by atoms with E-state index in [0.29, 0.717) is 46.1 Å². The van der Waals surface area contributed by atoms with Crippen molar-refractivity contribution in [1.82, 2.24) is 5.32 Å². The van der Waals surface area contributed by atoms with Crippen molar-refractivity contribution < 1.29 is 28.7 Å². The van der Waals surface area contributed by atoms with Crippen LogP contribution in [0.3, 0.4) is 0 Å². The normalized spacial score (nSPS) is 12.5. The summed E-state index contributed by atoms with van der Waals surface area (Å²) in [7, 11) is 1.51. The number of rotatable bonds is 9. The van der Waals surface area contributed by atoms with Gasteiger partial charge >= 0.3 is 0 Å². The van der Waals surface area contributed by atoms with Crippen molar-refractivity contribution in [2.45, 2.75) is 26.2 Å². The van der Waals surface area contributed by atoms with Crippen LogP contribution in [-0.2, 0) is 5.41 Å². The van der Waals surface area contributed by atoms with E-state index in [0.717, 1.165) is 16.7 Å². The molecular weight excluding hydrogens is 592 g/mol. The van der Waals surface area contributed by atoms with Crippen LogP contribution in [0.1, 0.15) is 72.0 Å². The number of nitrogens with one attached hydrogen (secondary N) is 1. The molecule has 0 atom stereocenters. The average Bonchev–Trinajstić information content (AvgIpc) is 3.33. The Morgan fingerprint density at radius 2 is 1.26 bits per heavy atom. The molecule has 5 aromatic carbocycles. The Balaban J connectivity index is 1.14. The highest BCUT2D eigenvalue weighted by Crippen LogP contribution is 2.36. The number of fused-ring (bicyclic) bond motifs is 1. The van der Waals surface area contributed by atoms with Gasteiger partial charge in [-0.25, -0.2) is 4.90 Å². The molecule has 0 spiro atoms. The molecule has 8 heteroatoms. The number of hydrogen-bond donors (Lipinski definition) is 1. The zero-order valence-corrected chi connectivity index (χ0v) is 26.4. The molecule has 0 radical (unpaired) electrons. The molecule has 0 fully saturated rings. The quantitative estimate of drug-likeness (QED) is 0.132. The van der Waals surface area contributed by atoms with Gasteiger partial charge in [-0.2, -0.15) is 0 Å². The number of hydrogen-bond acceptors (Lipinski definition) is 6. The predicted octanol–water partition coefficient (Wildman–Crippen LogP) is 7.88. The highest BCUT2D eigenvalue weighted by Gasteiger charge is 2.37. The molecule has 0 unspecified atom stereocenters. The van der Waals surface area contributed by atoms with Gasteiger partial charge in [-0.15, -0.1) is 0 Å². The van der Waals surface area contributed by atoms with Gasteiger partial charge < -0.3 is 14.8 Å². The number of anilines is 1. The van der Waals surface area contributed by atoms with Crippen molar-refractivity contribution in [3.8, 4) is 23.0 Å². The average molecular weight is 625 g/mol. The minimum Gasteiger partial charge on any atom is -0.457 e. The molecule has 0 saturated heterocycles. The fourth-order valence-corrected chi connectivity index (χ4v) is 5.64. The van der Waals surface area contributed by atoms with Gasteiger partial charge in [0.2, 0.25) is 0 Å². The van der Waals surface area contributed by atoms with Gasteiger partial charge in [0.25, 0.3) is 17.7 Å². The van der Waals surface area contributed by atoms with Gasteiger partial charge in [-0.05, 0) is 96.4 Å². The van der Waals surface area contributed by atoms with Crippen molar-refractivity contribution in [2.24, 2.45) is 0 Å². The summed E-state index contributed by atoms with van der Waals surface area (Å²) in [4.78, 5) is 51.0. The Kier molecular flexibility index (Phi) is 8.18. The summed E-state index contributed by atoms with van der Waals surface area (Å²) < 4.78 is 12.1. The van der Waals surface area contributed by atoms with E-state index in [9.17, 15) is 19.2 Å². The maximum Gasteiger partial charge on any atom is 0.266 e. The van der Waals surface area contributed by atoms with Crippen molar-refractivity contribution >= 4 is 29.7 Å². The molecule has 47 heavy (non-hydrogen) atoms. The van der Waals surface area contributed by atoms with Crippen LogP contribution in [0.5, 0.6) is 23.0 Å². The number of carbonyl (C=O) groups is 4. The molecule has 6 rings (SSSR count). The summed E-state index contributed by atoms with van der Waals surface area (Å²) in [6.07, 6.45) is 0.641. The van der Waals surface area contributed by atoms with E-state index in [4.69, 9.17) is 9.47 Å². The molecule has 1 N–H and O–H groups in total. The van der Waals surface area contributed by atoms with Crippen LogP contribution >= 0.6 is 0 Å². The number of amides is 3. The maximum atomic E-state index is 13.2. The van der Waals surface area contributed by atoms with Gasteiger partial charge in [0, 0.05) is 18.0 Å². The number of aldehydes is 1. The molecule has 1 aliphatic rings. The third-order valence-corrected chi connectivity index (χ3v) is 8.36. The lowest BCUT2D eigenvalue weighted by Gasteiger charge is -2.26. The van der Waals surface area contributed by atoms with Crippen LogP contribution in [0.4, 0.5) is 5.69 Å². The monoisotopic (exact) mass is 624 g/mol. The van der Waals surface area contributed by atoms with Crippen LogP contribution < -0.4 is 19.7 Å². The van der Waals surface area contributed by atoms with E-state index in [1.165, 1.54) is 11.9 Å². The lowest BCUT2D eigenvalue weighted by molar-refractivity contribution is 0.0923. The molecule has 0 aromatic heterocycles. The first-order valence-electron chi connectivity index (χ1n) is 15.1. The molecule has 234 valence electrons. The number of nitrogens with zero attached hydrogens (tertiary/aromatic N) is 1. The first-order valence-corrected chi connectivity index (χ1v) is 15.1. The number of carbonyl (C=O) groups excluding carboxylic acids is 4. The summed E-state index contributed by atoms with van der Waals surface area (Å²) >= 11 is 0. The lowest BCUT2D eigenvalue weighted by Crippen LogP contribution is -2.29. The maximum absolute atomic E-state index is 13.2. The van der Waals surface area contributed by atoms with Gasteiger partial charge in [-0.3, -0.25) is 19.2 Å². The highest BCUT2D eigenvalue weighted by molar-refractivity contribution is 6.34. The summed E-state index contributed by atoms with van der Waals surface area (Å²) in [6, 6.07) is 32.4. The second-order valence-electron chi connectivity index (χ2n) is 11.8. The zero-order chi connectivity index (χ0) is 33.3. The highest BCUT2D eigenvalue weighted by atomic mass is 16.5. The molecule has 0 aliphatic carbocycles. The van der Waals surface area contributed by atoms with E-state index >= 15 is 0 Å². The SMILES string of the molecule is CNC(=O)c1cc(Oc2ccc(C(C)(C)c3ccc(Oc4ccc5c(c4)C(=O)N(c4cccc(C)c4)C5=O)cc3)cc2)ccc1C=O. The Morgan fingerprint density at radius 3 is 1.83 bits per heavy atom. The number of benzene rings is 5. The molecule has 1 aliphatic heterocycles. The number of aryl methyl sites for hydroxylation is 1. The second kappa shape index (κ2) is 12.4. The standard InChI is InChI=1S/C39H32N2O6/c1-24-6-5-7-28(20-24)41-37(44)33-19-18-32(22-35(33)38(41)45)47-30-16-11-27(12-17-30)39(2,3)26-9-14-29(15-10-26)46-31-13-8-25(23-42)34(21-31)36(43)40-4/h5-23H,1-4H3,(H,40,43). The summed E-state index contributed by atoms with van der Waals surface area (Å²) in [5.74, 6) is 0.997. The van der Waals surface area contributed by atoms with E-state index in [1.54, 1.807) is 42.5 Å². The van der Waals surface area contributed by atoms with Gasteiger partial charge in [-0.1, -0.05) is 50.2 Å². The van der Waals surface area contributed by atoms with E-state index in [-0.39, 0.29) is 34.3 Å². The van der Waals surface area contributed by atoms with Gasteiger partial charge in [0.1, 0.15) is 23.0 Å². The Labute approximate surface area is 272 Å². The smallest absolute Gasteiger partial charge is 0.266 e. The van der Waals surface area contributed by atoms with Crippen molar-refractivity contribution in [2.75, 3.05) is 11.9 Å². The summed E-state index contributed by atoms with van der Waals surface area (Å²) in [6.45, 7) is 6.16. The first kappa shape index (κ1) is 31.0. The summed E-state index contributed by atoms with van der Waals surface area (Å²) in [5.41, 5.74) is 4.45. The Bertz CT molecular complexity index is 2030. The van der Waals surface area contributed by atoms with E-state index < -0.39 is 0 Å². The van der Waals surface area contributed by atoms with Crippen LogP contribution in [0.25, 0.3) is 0 Å². The van der Waals surface area contributed by atoms with E-state index in [1.807, 2.05) is 73.7 Å². The molecule has 8 nitrogen and oxygen atoms in total. The lowest BCUT2D eigenvalue weighted by atomic mass is 9.78. The summed E-state index contributed by atoms with van der Waals surface area (Å²) in [5, 5.41) is 2.54. The van der Waals surface area contributed by atoms with Crippen molar-refractivity contribution in [3.05, 3.63) is 148 Å². The second-order valence-corrected chi connectivity index (χ2v) is 11.8. The third-order valence-electron chi connectivity index (χ3n) is 8.36. The van der Waals surface area contributed by atoms with Crippen LogP contribution in [0.15, 0.2) is 109 Å². The minimum absolute atomic E-state index is 0.245. The van der Waals surface area contributed by atoms with Crippen LogP contribution in [0, 0.1) is 6.92 Å². The topological polar surface area (TPSA) is 102 Å². The predicted molar refractivity (Wildman–Crippen MR) is 179 cm³/mol. The van der Waals surface area contributed by atoms with Gasteiger partial charge in [0.05, 0.1) is 22.4 Å². The number of ether oxygens (including phenoxy) is 2. The molecule has 1 heterocycles. The Morgan fingerprint density at radius 1 is 0.702 bits per heavy atom. The van der Waals surface area contributed by atoms with Gasteiger partial charge in [0.15, 0.2) is 6.29 Å². The molecule has 0 bridgehead atoms. The first-order chi connectivity index (χ1) is 22.6. The zero-order valence-electron chi connectivity index (χ0n) is 26.4. The third kappa shape index (κ3) is 6.01.